The van der Waals surface area contributed by atoms with Gasteiger partial charge in [0.15, 0.2) is 0 Å². The van der Waals surface area contributed by atoms with E-state index in [0.717, 1.165) is 12.8 Å². The molecule has 0 saturated heterocycles. The van der Waals surface area contributed by atoms with E-state index < -0.39 is 0 Å². The van der Waals surface area contributed by atoms with Crippen molar-refractivity contribution in [3.63, 3.8) is 0 Å². The van der Waals surface area contributed by atoms with E-state index >= 15 is 0 Å². The van der Waals surface area contributed by atoms with Crippen LogP contribution < -0.4 is 0 Å². The molecule has 1 atom stereocenters. The van der Waals surface area contributed by atoms with Crippen LogP contribution in [-0.4, -0.2) is 5.11 Å². The van der Waals surface area contributed by atoms with E-state index in [2.05, 4.69) is 13.8 Å². The summed E-state index contributed by atoms with van der Waals surface area (Å²) < 4.78 is 0. The van der Waals surface area contributed by atoms with Crippen molar-refractivity contribution in [2.75, 3.05) is 0 Å². The SMILES string of the molecule is [CH2]C(CCC)c1ccc(O)cc1. The van der Waals surface area contributed by atoms with Gasteiger partial charge < -0.3 is 5.11 Å². The fraction of sp³-hybridized carbons (Fsp3) is 0.364. The molecule has 1 radical (unpaired) electrons. The van der Waals surface area contributed by atoms with E-state index in [1.165, 1.54) is 5.56 Å². The van der Waals surface area contributed by atoms with Crippen LogP contribution in [0.2, 0.25) is 0 Å². The minimum Gasteiger partial charge on any atom is -0.508 e. The number of benzene rings is 1. The average Bonchev–Trinajstić information content (AvgIpc) is 2.06. The van der Waals surface area contributed by atoms with E-state index in [-0.39, 0.29) is 0 Å². The Bertz CT molecular complexity index is 225. The van der Waals surface area contributed by atoms with E-state index in [9.17, 15) is 0 Å². The van der Waals surface area contributed by atoms with Crippen molar-refractivity contribution in [3.8, 4) is 5.75 Å². The zero-order valence-corrected chi connectivity index (χ0v) is 7.46. The summed E-state index contributed by atoms with van der Waals surface area (Å²) in [5, 5.41) is 9.05. The largest absolute Gasteiger partial charge is 0.508 e. The molecule has 0 saturated carbocycles. The van der Waals surface area contributed by atoms with Crippen molar-refractivity contribution in [2.45, 2.75) is 25.7 Å². The third-order valence-corrected chi connectivity index (χ3v) is 2.00. The summed E-state index contributed by atoms with van der Waals surface area (Å²) in [6.07, 6.45) is 2.25. The molecule has 0 aromatic heterocycles. The molecule has 0 bridgehead atoms. The highest BCUT2D eigenvalue weighted by Gasteiger charge is 2.02. The van der Waals surface area contributed by atoms with Gasteiger partial charge in [-0.1, -0.05) is 25.5 Å². The number of hydrogen-bond acceptors (Lipinski definition) is 1. The second-order valence-electron chi connectivity index (χ2n) is 3.08. The van der Waals surface area contributed by atoms with E-state index in [1.807, 2.05) is 12.1 Å². The van der Waals surface area contributed by atoms with Crippen molar-refractivity contribution in [2.24, 2.45) is 0 Å². The summed E-state index contributed by atoms with van der Waals surface area (Å²) >= 11 is 0. The second kappa shape index (κ2) is 4.15. The molecule has 1 aromatic carbocycles. The van der Waals surface area contributed by atoms with Crippen molar-refractivity contribution in [3.05, 3.63) is 36.8 Å². The summed E-state index contributed by atoms with van der Waals surface area (Å²) in [4.78, 5) is 0. The first kappa shape index (κ1) is 9.11. The molecule has 1 rings (SSSR count). The Morgan fingerprint density at radius 2 is 1.92 bits per heavy atom. The zero-order valence-electron chi connectivity index (χ0n) is 7.46. The molecule has 0 aliphatic rings. The maximum absolute atomic E-state index is 9.05. The lowest BCUT2D eigenvalue weighted by atomic mass is 9.97. The highest BCUT2D eigenvalue weighted by atomic mass is 16.3. The lowest BCUT2D eigenvalue weighted by Gasteiger charge is -2.09. The maximum atomic E-state index is 9.05. The number of phenolic OH excluding ortho intramolecular Hbond substituents is 1. The second-order valence-corrected chi connectivity index (χ2v) is 3.08. The number of rotatable bonds is 3. The Kier molecular flexibility index (Phi) is 3.15. The normalized spacial score (nSPS) is 12.8. The summed E-state index contributed by atoms with van der Waals surface area (Å²) in [5.41, 5.74) is 1.20. The van der Waals surface area contributed by atoms with Gasteiger partial charge in [0, 0.05) is 0 Å². The predicted molar refractivity (Wildman–Crippen MR) is 51.1 cm³/mol. The molecule has 0 amide bonds. The Balaban J connectivity index is 2.68. The molecule has 1 unspecified atom stereocenters. The number of aromatic hydroxyl groups is 1. The van der Waals surface area contributed by atoms with Crippen molar-refractivity contribution in [1.29, 1.82) is 0 Å². The van der Waals surface area contributed by atoms with Gasteiger partial charge in [0.05, 0.1) is 0 Å². The lowest BCUT2D eigenvalue weighted by Crippen LogP contribution is -1.91. The third kappa shape index (κ3) is 2.26. The van der Waals surface area contributed by atoms with Crippen molar-refractivity contribution < 1.29 is 5.11 Å². The van der Waals surface area contributed by atoms with Gasteiger partial charge in [-0.25, -0.2) is 0 Å². The number of hydrogen-bond donors (Lipinski definition) is 1. The lowest BCUT2D eigenvalue weighted by molar-refractivity contribution is 0.475. The fourth-order valence-electron chi connectivity index (χ4n) is 1.26. The molecule has 0 spiro atoms. The smallest absolute Gasteiger partial charge is 0.115 e. The zero-order chi connectivity index (χ0) is 8.97. The van der Waals surface area contributed by atoms with Gasteiger partial charge in [0.2, 0.25) is 0 Å². The Labute approximate surface area is 74.1 Å². The van der Waals surface area contributed by atoms with Gasteiger partial charge in [0.25, 0.3) is 0 Å². The molecule has 1 aromatic rings. The molecule has 0 heterocycles. The van der Waals surface area contributed by atoms with Gasteiger partial charge in [-0.2, -0.15) is 0 Å². The fourth-order valence-corrected chi connectivity index (χ4v) is 1.26. The first-order chi connectivity index (χ1) is 5.74. The van der Waals surface area contributed by atoms with Gasteiger partial charge in [-0.15, -0.1) is 0 Å². The quantitative estimate of drug-likeness (QED) is 0.725. The van der Waals surface area contributed by atoms with Gasteiger partial charge in [-0.3, -0.25) is 0 Å². The Morgan fingerprint density at radius 1 is 1.33 bits per heavy atom. The van der Waals surface area contributed by atoms with Crippen molar-refractivity contribution in [1.82, 2.24) is 0 Å². The molecule has 0 aliphatic heterocycles. The van der Waals surface area contributed by atoms with E-state index in [1.54, 1.807) is 12.1 Å². The van der Waals surface area contributed by atoms with Gasteiger partial charge >= 0.3 is 0 Å². The monoisotopic (exact) mass is 163 g/mol. The van der Waals surface area contributed by atoms with Crippen LogP contribution in [0.1, 0.15) is 31.2 Å². The van der Waals surface area contributed by atoms with Gasteiger partial charge in [0.1, 0.15) is 5.75 Å². The third-order valence-electron chi connectivity index (χ3n) is 2.00. The number of phenols is 1. The molecule has 0 fully saturated rings. The Morgan fingerprint density at radius 3 is 2.42 bits per heavy atom. The molecular formula is C11H15O. The maximum Gasteiger partial charge on any atom is 0.115 e. The van der Waals surface area contributed by atoms with Crippen LogP contribution in [0.25, 0.3) is 0 Å². The summed E-state index contributed by atoms with van der Waals surface area (Å²) in [5.74, 6) is 0.679. The van der Waals surface area contributed by atoms with Crippen LogP contribution in [0, 0.1) is 6.92 Å². The van der Waals surface area contributed by atoms with Crippen LogP contribution in [0.5, 0.6) is 5.75 Å². The molecule has 65 valence electrons. The van der Waals surface area contributed by atoms with Crippen LogP contribution in [0.4, 0.5) is 0 Å². The molecule has 1 heteroatoms. The van der Waals surface area contributed by atoms with Crippen LogP contribution >= 0.6 is 0 Å². The first-order valence-electron chi connectivity index (χ1n) is 4.36. The minimum atomic E-state index is 0.322. The summed E-state index contributed by atoms with van der Waals surface area (Å²) in [6, 6.07) is 7.29. The van der Waals surface area contributed by atoms with Crippen LogP contribution in [0.3, 0.4) is 0 Å². The predicted octanol–water partition coefficient (Wildman–Crippen LogP) is 3.11. The average molecular weight is 163 g/mol. The van der Waals surface area contributed by atoms with E-state index in [4.69, 9.17) is 5.11 Å². The highest BCUT2D eigenvalue weighted by molar-refractivity contribution is 5.28. The van der Waals surface area contributed by atoms with Gasteiger partial charge in [-0.05, 0) is 37.0 Å². The molecule has 0 aliphatic carbocycles. The molecule has 1 N–H and O–H groups in total. The summed E-state index contributed by atoms with van der Waals surface area (Å²) in [7, 11) is 0. The van der Waals surface area contributed by atoms with Crippen molar-refractivity contribution >= 4 is 0 Å². The molecule has 12 heavy (non-hydrogen) atoms. The standard InChI is InChI=1S/C11H15O/c1-3-4-9(2)10-5-7-11(12)8-6-10/h5-9,12H,2-4H2,1H3. The summed E-state index contributed by atoms with van der Waals surface area (Å²) in [6.45, 7) is 6.20. The molecular weight excluding hydrogens is 148 g/mol. The topological polar surface area (TPSA) is 20.2 Å². The van der Waals surface area contributed by atoms with Crippen LogP contribution in [0.15, 0.2) is 24.3 Å². The first-order valence-corrected chi connectivity index (χ1v) is 4.36. The van der Waals surface area contributed by atoms with Crippen LogP contribution in [-0.2, 0) is 0 Å². The molecule has 1 nitrogen and oxygen atoms in total. The highest BCUT2D eigenvalue weighted by Crippen LogP contribution is 2.21. The van der Waals surface area contributed by atoms with E-state index in [0.29, 0.717) is 11.7 Å². The Hall–Kier alpha value is -0.980. The minimum absolute atomic E-state index is 0.322.